The first-order chi connectivity index (χ1) is 17.6. The molecular weight excluding hydrogens is 506 g/mol. The first kappa shape index (κ1) is 26.5. The highest BCUT2D eigenvalue weighted by molar-refractivity contribution is 6.33. The van der Waals surface area contributed by atoms with E-state index in [0.717, 1.165) is 12.8 Å². The summed E-state index contributed by atoms with van der Waals surface area (Å²) in [5.74, 6) is -0.529. The molecule has 3 aromatic carbocycles. The van der Waals surface area contributed by atoms with Crippen molar-refractivity contribution in [3.05, 3.63) is 100 Å². The third kappa shape index (κ3) is 6.43. The molecule has 4 rings (SSSR count). The number of carbonyl (C=O) groups is 1. The zero-order chi connectivity index (χ0) is 26.6. The number of nitrogens with zero attached hydrogens (tertiary/aromatic N) is 2. The molecule has 0 radical (unpaired) electrons. The molecule has 4 nitrogen and oxygen atoms in total. The molecule has 3 aromatic rings. The first-order valence-corrected chi connectivity index (χ1v) is 12.1. The van der Waals surface area contributed by atoms with Crippen molar-refractivity contribution in [1.29, 1.82) is 5.41 Å². The van der Waals surface area contributed by atoms with Crippen molar-refractivity contribution >= 4 is 34.6 Å². The van der Waals surface area contributed by atoms with Crippen LogP contribution in [0.15, 0.2) is 77.8 Å². The van der Waals surface area contributed by atoms with Gasteiger partial charge in [-0.25, -0.2) is 4.39 Å². The van der Waals surface area contributed by atoms with E-state index >= 15 is 0 Å². The molecule has 0 saturated carbocycles. The predicted octanol–water partition coefficient (Wildman–Crippen LogP) is 7.42. The fourth-order valence-electron chi connectivity index (χ4n) is 4.37. The number of hydrogen-bond acceptors (Lipinski definition) is 3. The minimum atomic E-state index is -4.79. The Morgan fingerprint density at radius 2 is 1.65 bits per heavy atom. The van der Waals surface area contributed by atoms with Crippen LogP contribution in [0, 0.1) is 11.2 Å². The first-order valence-electron chi connectivity index (χ1n) is 11.7. The van der Waals surface area contributed by atoms with E-state index in [2.05, 4.69) is 4.99 Å². The van der Waals surface area contributed by atoms with E-state index in [1.165, 1.54) is 30.3 Å². The molecule has 1 amide bonds. The van der Waals surface area contributed by atoms with Gasteiger partial charge in [-0.1, -0.05) is 54.1 Å². The van der Waals surface area contributed by atoms with Crippen molar-refractivity contribution in [3.63, 3.8) is 0 Å². The maximum Gasteiger partial charge on any atom is 0.429 e. The molecule has 0 bridgehead atoms. The summed E-state index contributed by atoms with van der Waals surface area (Å²) in [6, 6.07) is 18.9. The molecule has 1 atom stereocenters. The predicted molar refractivity (Wildman–Crippen MR) is 137 cm³/mol. The van der Waals surface area contributed by atoms with E-state index in [1.54, 1.807) is 47.4 Å². The fourth-order valence-corrected chi connectivity index (χ4v) is 4.54. The average molecular weight is 530 g/mol. The summed E-state index contributed by atoms with van der Waals surface area (Å²) in [5, 5.41) is 7.73. The van der Waals surface area contributed by atoms with Gasteiger partial charge >= 0.3 is 6.18 Å². The van der Waals surface area contributed by atoms with Crippen molar-refractivity contribution in [2.45, 2.75) is 37.9 Å². The second-order valence-corrected chi connectivity index (χ2v) is 9.24. The van der Waals surface area contributed by atoms with E-state index in [0.29, 0.717) is 29.7 Å². The molecule has 37 heavy (non-hydrogen) atoms. The minimum absolute atomic E-state index is 0.00743. The second kappa shape index (κ2) is 11.3. The molecular formula is C28H24ClF4N3O. The van der Waals surface area contributed by atoms with Crippen molar-refractivity contribution in [2.75, 3.05) is 6.54 Å². The van der Waals surface area contributed by atoms with Crippen molar-refractivity contribution in [1.82, 2.24) is 4.90 Å². The van der Waals surface area contributed by atoms with E-state index < -0.39 is 18.3 Å². The van der Waals surface area contributed by atoms with E-state index in [1.807, 2.05) is 0 Å². The summed E-state index contributed by atoms with van der Waals surface area (Å²) in [6.07, 6.45) is -3.58. The Balaban J connectivity index is 1.57. The lowest BCUT2D eigenvalue weighted by Gasteiger charge is -2.25. The van der Waals surface area contributed by atoms with Gasteiger partial charge in [-0.3, -0.25) is 9.79 Å². The highest BCUT2D eigenvalue weighted by Gasteiger charge is 2.35. The van der Waals surface area contributed by atoms with Gasteiger partial charge in [-0.15, -0.1) is 0 Å². The van der Waals surface area contributed by atoms with Gasteiger partial charge in [0.25, 0.3) is 5.91 Å². The summed E-state index contributed by atoms with van der Waals surface area (Å²) in [7, 11) is 0. The molecule has 9 heteroatoms. The Morgan fingerprint density at radius 3 is 2.32 bits per heavy atom. The van der Waals surface area contributed by atoms with E-state index in [4.69, 9.17) is 17.0 Å². The van der Waals surface area contributed by atoms with Gasteiger partial charge in [0.2, 0.25) is 0 Å². The molecule has 192 valence electrons. The third-order valence-electron chi connectivity index (χ3n) is 6.31. The quantitative estimate of drug-likeness (QED) is 0.251. The molecule has 0 aromatic heterocycles. The molecule has 0 spiro atoms. The standard InChI is InChI=1S/C28H24ClF4N3O/c29-22-8-2-4-10-24(22)35-25(17-26(34)28(31,32)33)18-11-13-19(14-12-18)27(37)36-15-5-7-21(36)16-20-6-1-3-9-23(20)30/h1-4,6,8-14,21,34H,5,7,15-17H2. The lowest BCUT2D eigenvalue weighted by Crippen LogP contribution is -2.37. The Bertz CT molecular complexity index is 1320. The molecule has 1 heterocycles. The number of likely N-dealkylation sites (tertiary alicyclic amines) is 1. The third-order valence-corrected chi connectivity index (χ3v) is 6.63. The van der Waals surface area contributed by atoms with Crippen molar-refractivity contribution < 1.29 is 22.4 Å². The lowest BCUT2D eigenvalue weighted by atomic mass is 10.0. The van der Waals surface area contributed by atoms with Gasteiger partial charge in [0, 0.05) is 24.6 Å². The van der Waals surface area contributed by atoms with Crippen LogP contribution in [0.25, 0.3) is 0 Å². The number of halogens is 5. The maximum absolute atomic E-state index is 14.2. The zero-order valence-corrected chi connectivity index (χ0v) is 20.5. The lowest BCUT2D eigenvalue weighted by molar-refractivity contribution is -0.0605. The number of benzene rings is 3. The molecule has 1 saturated heterocycles. The number of aliphatic imine (C=N–C) groups is 1. The van der Waals surface area contributed by atoms with Crippen molar-refractivity contribution in [2.24, 2.45) is 4.99 Å². The summed E-state index contributed by atoms with van der Waals surface area (Å²) < 4.78 is 53.5. The number of amides is 1. The van der Waals surface area contributed by atoms with Crippen LogP contribution in [0.5, 0.6) is 0 Å². The van der Waals surface area contributed by atoms with E-state index in [-0.39, 0.29) is 34.2 Å². The van der Waals surface area contributed by atoms with E-state index in [9.17, 15) is 22.4 Å². The van der Waals surface area contributed by atoms with Crippen LogP contribution < -0.4 is 0 Å². The van der Waals surface area contributed by atoms with Crippen LogP contribution in [0.3, 0.4) is 0 Å². The summed E-state index contributed by atoms with van der Waals surface area (Å²) in [6.45, 7) is 0.543. The van der Waals surface area contributed by atoms with Crippen LogP contribution in [0.4, 0.5) is 23.2 Å². The number of rotatable bonds is 7. The Hall–Kier alpha value is -3.52. The summed E-state index contributed by atoms with van der Waals surface area (Å²) in [5.41, 5.74) is 0.110. The maximum atomic E-state index is 14.2. The number of hydrogen-bond donors (Lipinski definition) is 1. The van der Waals surface area contributed by atoms with Gasteiger partial charge in [-0.2, -0.15) is 13.2 Å². The molecule has 0 aliphatic carbocycles. The van der Waals surface area contributed by atoms with Crippen LogP contribution in [-0.4, -0.2) is 41.0 Å². The zero-order valence-electron chi connectivity index (χ0n) is 19.7. The van der Waals surface area contributed by atoms with Gasteiger partial charge in [-0.05, 0) is 60.7 Å². The van der Waals surface area contributed by atoms with Gasteiger partial charge in [0.15, 0.2) is 0 Å². The smallest absolute Gasteiger partial charge is 0.335 e. The topological polar surface area (TPSA) is 56.5 Å². The average Bonchev–Trinajstić information content (AvgIpc) is 3.33. The van der Waals surface area contributed by atoms with Crippen LogP contribution in [0.1, 0.15) is 40.7 Å². The molecule has 1 fully saturated rings. The second-order valence-electron chi connectivity index (χ2n) is 8.83. The Morgan fingerprint density at radius 1 is 1.00 bits per heavy atom. The van der Waals surface area contributed by atoms with Gasteiger partial charge < -0.3 is 10.3 Å². The fraction of sp³-hybridized carbons (Fsp3) is 0.250. The number of para-hydroxylation sites is 1. The molecule has 1 aliphatic heterocycles. The number of alkyl halides is 3. The summed E-state index contributed by atoms with van der Waals surface area (Å²) >= 11 is 6.15. The highest BCUT2D eigenvalue weighted by atomic mass is 35.5. The molecule has 1 N–H and O–H groups in total. The SMILES string of the molecule is N=C(CC(=Nc1ccccc1Cl)c1ccc(C(=O)N2CCCC2Cc2ccccc2F)cc1)C(F)(F)F. The van der Waals surface area contributed by atoms with Crippen LogP contribution in [0.2, 0.25) is 5.02 Å². The van der Waals surface area contributed by atoms with Gasteiger partial charge in [0.05, 0.1) is 16.4 Å². The highest BCUT2D eigenvalue weighted by Crippen LogP contribution is 2.28. The molecule has 1 unspecified atom stereocenters. The number of carbonyl (C=O) groups excluding carboxylic acids is 1. The Kier molecular flexibility index (Phi) is 8.07. The molecule has 1 aliphatic rings. The van der Waals surface area contributed by atoms with Crippen LogP contribution in [-0.2, 0) is 6.42 Å². The Labute approximate surface area is 217 Å². The monoisotopic (exact) mass is 529 g/mol. The summed E-state index contributed by atoms with van der Waals surface area (Å²) in [4.78, 5) is 19.3. The normalized spacial score (nSPS) is 16.2. The van der Waals surface area contributed by atoms with Crippen LogP contribution >= 0.6 is 11.6 Å². The minimum Gasteiger partial charge on any atom is -0.335 e. The number of nitrogens with one attached hydrogen (secondary N) is 1. The van der Waals surface area contributed by atoms with Gasteiger partial charge in [0.1, 0.15) is 11.5 Å². The largest absolute Gasteiger partial charge is 0.429 e. The van der Waals surface area contributed by atoms with Crippen molar-refractivity contribution in [3.8, 4) is 0 Å².